The van der Waals surface area contributed by atoms with E-state index < -0.39 is 21.5 Å². The van der Waals surface area contributed by atoms with Gasteiger partial charge in [0.2, 0.25) is 5.91 Å². The highest BCUT2D eigenvalue weighted by Crippen LogP contribution is 2.34. The molecule has 0 bridgehead atoms. The predicted octanol–water partition coefficient (Wildman–Crippen LogP) is 4.87. The lowest BCUT2D eigenvalue weighted by Gasteiger charge is -2.18. The molecular formula is C22H19ClN2O5S2. The van der Waals surface area contributed by atoms with Gasteiger partial charge in [0.15, 0.2) is 15.0 Å². The average molecular weight is 491 g/mol. The summed E-state index contributed by atoms with van der Waals surface area (Å²) in [4.78, 5) is 19.2. The zero-order chi connectivity index (χ0) is 22.9. The van der Waals surface area contributed by atoms with Gasteiger partial charge in [-0.3, -0.25) is 9.69 Å². The van der Waals surface area contributed by atoms with E-state index in [1.807, 2.05) is 6.92 Å². The first-order chi connectivity index (χ1) is 15.3. The summed E-state index contributed by atoms with van der Waals surface area (Å²) in [6.45, 7) is 1.93. The van der Waals surface area contributed by atoms with Crippen LogP contribution in [-0.4, -0.2) is 32.2 Å². The van der Waals surface area contributed by atoms with Crippen molar-refractivity contribution in [3.63, 3.8) is 0 Å². The van der Waals surface area contributed by atoms with E-state index in [-0.39, 0.29) is 11.4 Å². The van der Waals surface area contributed by atoms with Crippen LogP contribution in [0.4, 0.5) is 5.13 Å². The summed E-state index contributed by atoms with van der Waals surface area (Å²) < 4.78 is 37.1. The number of anilines is 1. The number of benzene rings is 2. The Labute approximate surface area is 194 Å². The third-order valence-corrected chi connectivity index (χ3v) is 7.66. The molecule has 2 heterocycles. The Hall–Kier alpha value is -2.88. The number of carbonyl (C=O) groups is 1. The molecule has 0 unspecified atom stereocenters. The molecule has 0 fully saturated rings. The number of aryl methyl sites for hydroxylation is 1. The van der Waals surface area contributed by atoms with Gasteiger partial charge in [-0.05, 0) is 61.0 Å². The van der Waals surface area contributed by atoms with Crippen LogP contribution in [0.2, 0.25) is 5.02 Å². The molecule has 7 nitrogen and oxygen atoms in total. The number of ether oxygens (including phenoxy) is 1. The van der Waals surface area contributed by atoms with Gasteiger partial charge in [-0.15, -0.1) is 0 Å². The van der Waals surface area contributed by atoms with Gasteiger partial charge in [0.25, 0.3) is 0 Å². The predicted molar refractivity (Wildman–Crippen MR) is 124 cm³/mol. The number of thiazole rings is 1. The van der Waals surface area contributed by atoms with E-state index in [1.165, 1.54) is 53.9 Å². The number of furan rings is 1. The number of aromatic nitrogens is 1. The first kappa shape index (κ1) is 22.3. The summed E-state index contributed by atoms with van der Waals surface area (Å²) in [5, 5.41) is 0.938. The lowest BCUT2D eigenvalue weighted by molar-refractivity contribution is -0.116. The van der Waals surface area contributed by atoms with Gasteiger partial charge in [0.1, 0.15) is 17.3 Å². The molecule has 0 saturated heterocycles. The number of sulfone groups is 1. The number of fused-ring (bicyclic) bond motifs is 1. The average Bonchev–Trinajstić information content (AvgIpc) is 3.41. The summed E-state index contributed by atoms with van der Waals surface area (Å²) in [6.07, 6.45) is 1.49. The maximum atomic E-state index is 13.2. The van der Waals surface area contributed by atoms with E-state index in [0.29, 0.717) is 27.2 Å². The first-order valence-electron chi connectivity index (χ1n) is 9.53. The van der Waals surface area contributed by atoms with Crippen LogP contribution in [0.5, 0.6) is 5.75 Å². The summed E-state index contributed by atoms with van der Waals surface area (Å²) in [5.74, 6) is -0.289. The Kier molecular flexibility index (Phi) is 6.23. The van der Waals surface area contributed by atoms with Crippen molar-refractivity contribution in [1.29, 1.82) is 0 Å². The second-order valence-corrected chi connectivity index (χ2v) is 10.5. The molecule has 10 heteroatoms. The largest absolute Gasteiger partial charge is 0.497 e. The standard InChI is InChI=1S/C22H19ClN2O5S2/c1-14-10-15(23)11-19-21(14)24-22(31-19)25(12-17-4-3-9-30-17)20(26)13-32(27,28)18-7-5-16(29-2)6-8-18/h3-11H,12-13H2,1-2H3. The third kappa shape index (κ3) is 4.64. The molecule has 0 saturated carbocycles. The lowest BCUT2D eigenvalue weighted by atomic mass is 10.2. The van der Waals surface area contributed by atoms with Gasteiger partial charge in [0, 0.05) is 5.02 Å². The molecule has 0 radical (unpaired) electrons. The fourth-order valence-corrected chi connectivity index (χ4v) is 5.82. The molecule has 0 aliphatic heterocycles. The van der Waals surface area contributed by atoms with E-state index >= 15 is 0 Å². The molecule has 32 heavy (non-hydrogen) atoms. The Bertz CT molecular complexity index is 1360. The second kappa shape index (κ2) is 8.93. The van der Waals surface area contributed by atoms with Crippen molar-refractivity contribution in [1.82, 2.24) is 4.98 Å². The number of hydrogen-bond acceptors (Lipinski definition) is 7. The van der Waals surface area contributed by atoms with Crippen LogP contribution in [0.1, 0.15) is 11.3 Å². The van der Waals surface area contributed by atoms with Crippen molar-refractivity contribution in [2.75, 3.05) is 17.8 Å². The van der Waals surface area contributed by atoms with Crippen LogP contribution in [0, 0.1) is 6.92 Å². The molecule has 0 atom stereocenters. The zero-order valence-corrected chi connectivity index (χ0v) is 19.6. The summed E-state index contributed by atoms with van der Waals surface area (Å²) in [6, 6.07) is 12.9. The molecule has 0 aliphatic carbocycles. The molecule has 2 aromatic carbocycles. The van der Waals surface area contributed by atoms with Gasteiger partial charge in [-0.2, -0.15) is 0 Å². The molecule has 2 aromatic heterocycles. The van der Waals surface area contributed by atoms with Gasteiger partial charge < -0.3 is 9.15 Å². The highest BCUT2D eigenvalue weighted by atomic mass is 35.5. The minimum Gasteiger partial charge on any atom is -0.497 e. The number of methoxy groups -OCH3 is 1. The molecule has 1 amide bonds. The second-order valence-electron chi connectivity index (χ2n) is 7.06. The molecule has 4 aromatic rings. The smallest absolute Gasteiger partial charge is 0.244 e. The van der Waals surface area contributed by atoms with Crippen LogP contribution < -0.4 is 9.64 Å². The van der Waals surface area contributed by atoms with Crippen molar-refractivity contribution in [3.05, 3.63) is 71.1 Å². The van der Waals surface area contributed by atoms with E-state index in [0.717, 1.165) is 10.3 Å². The quantitative estimate of drug-likeness (QED) is 0.367. The Morgan fingerprint density at radius 2 is 1.97 bits per heavy atom. The van der Waals surface area contributed by atoms with Crippen molar-refractivity contribution < 1.29 is 22.4 Å². The number of rotatable bonds is 7. The third-order valence-electron chi connectivity index (χ3n) is 4.80. The van der Waals surface area contributed by atoms with Gasteiger partial charge in [-0.1, -0.05) is 22.9 Å². The topological polar surface area (TPSA) is 89.7 Å². The highest BCUT2D eigenvalue weighted by molar-refractivity contribution is 7.92. The Morgan fingerprint density at radius 3 is 2.62 bits per heavy atom. The number of carbonyl (C=O) groups excluding carboxylic acids is 1. The van der Waals surface area contributed by atoms with E-state index in [2.05, 4.69) is 4.98 Å². The molecule has 166 valence electrons. The minimum absolute atomic E-state index is 0.0384. The minimum atomic E-state index is -3.88. The van der Waals surface area contributed by atoms with Crippen LogP contribution >= 0.6 is 22.9 Å². The maximum absolute atomic E-state index is 13.2. The molecular weight excluding hydrogens is 472 g/mol. The highest BCUT2D eigenvalue weighted by Gasteiger charge is 2.27. The summed E-state index contributed by atoms with van der Waals surface area (Å²) in [7, 11) is -2.39. The zero-order valence-electron chi connectivity index (χ0n) is 17.2. The van der Waals surface area contributed by atoms with Gasteiger partial charge in [-0.25, -0.2) is 13.4 Å². The van der Waals surface area contributed by atoms with Gasteiger partial charge >= 0.3 is 0 Å². The van der Waals surface area contributed by atoms with E-state index in [4.69, 9.17) is 20.8 Å². The lowest BCUT2D eigenvalue weighted by Crippen LogP contribution is -2.35. The Morgan fingerprint density at radius 1 is 1.22 bits per heavy atom. The molecule has 0 N–H and O–H groups in total. The van der Waals surface area contributed by atoms with Crippen LogP contribution in [-0.2, 0) is 21.2 Å². The summed E-state index contributed by atoms with van der Waals surface area (Å²) in [5.41, 5.74) is 1.58. The van der Waals surface area contributed by atoms with Crippen molar-refractivity contribution in [2.45, 2.75) is 18.4 Å². The monoisotopic (exact) mass is 490 g/mol. The number of amides is 1. The number of halogens is 1. The van der Waals surface area contributed by atoms with Crippen LogP contribution in [0.25, 0.3) is 10.2 Å². The van der Waals surface area contributed by atoms with E-state index in [9.17, 15) is 13.2 Å². The Balaban J connectivity index is 1.68. The van der Waals surface area contributed by atoms with Gasteiger partial charge in [0.05, 0.1) is 35.0 Å². The normalized spacial score (nSPS) is 11.6. The SMILES string of the molecule is COc1ccc(S(=O)(=O)CC(=O)N(Cc2ccco2)c2nc3c(C)cc(Cl)cc3s2)cc1. The summed E-state index contributed by atoms with van der Waals surface area (Å²) >= 11 is 7.43. The fraction of sp³-hybridized carbons (Fsp3) is 0.182. The van der Waals surface area contributed by atoms with Crippen molar-refractivity contribution >= 4 is 54.0 Å². The van der Waals surface area contributed by atoms with E-state index in [1.54, 1.807) is 24.3 Å². The van der Waals surface area contributed by atoms with Crippen molar-refractivity contribution in [2.24, 2.45) is 0 Å². The number of nitrogens with zero attached hydrogens (tertiary/aromatic N) is 2. The van der Waals surface area contributed by atoms with Crippen molar-refractivity contribution in [3.8, 4) is 5.75 Å². The molecule has 0 spiro atoms. The molecule has 0 aliphatic rings. The first-order valence-corrected chi connectivity index (χ1v) is 12.4. The van der Waals surface area contributed by atoms with Crippen LogP contribution in [0.3, 0.4) is 0 Å². The number of hydrogen-bond donors (Lipinski definition) is 0. The van der Waals surface area contributed by atoms with Crippen LogP contribution in [0.15, 0.2) is 64.1 Å². The maximum Gasteiger partial charge on any atom is 0.244 e. The fourth-order valence-electron chi connectivity index (χ4n) is 3.19. The molecule has 4 rings (SSSR count).